The van der Waals surface area contributed by atoms with E-state index in [4.69, 9.17) is 10.8 Å². The van der Waals surface area contributed by atoms with Crippen LogP contribution in [0.1, 0.15) is 31.2 Å². The number of carboxylic acid groups (broad SMARTS) is 1. The molecule has 0 atom stereocenters. The second-order valence-corrected chi connectivity index (χ2v) is 6.30. The van der Waals surface area contributed by atoms with Crippen LogP contribution < -0.4 is 11.1 Å². The van der Waals surface area contributed by atoms with Gasteiger partial charge in [-0.15, -0.1) is 0 Å². The third kappa shape index (κ3) is 3.13. The molecule has 0 bridgehead atoms. The first kappa shape index (κ1) is 15.0. The van der Waals surface area contributed by atoms with Crippen molar-refractivity contribution in [2.45, 2.75) is 43.8 Å². The standard InChI is InChI=1S/C18H22N2O2/c19-18(17(21)22)9-7-16(8-10-18)20-12-13-5-6-14-3-1-2-4-15(14)11-13/h1-6,11,16,20H,7-10,12,19H2,(H,21,22). The number of hydrogen-bond donors (Lipinski definition) is 3. The lowest BCUT2D eigenvalue weighted by Crippen LogP contribution is -2.52. The fourth-order valence-electron chi connectivity index (χ4n) is 3.16. The van der Waals surface area contributed by atoms with E-state index in [1.807, 2.05) is 12.1 Å². The molecule has 0 unspecified atom stereocenters. The van der Waals surface area contributed by atoms with Gasteiger partial charge in [-0.05, 0) is 48.1 Å². The van der Waals surface area contributed by atoms with E-state index >= 15 is 0 Å². The van der Waals surface area contributed by atoms with Crippen molar-refractivity contribution in [3.05, 3.63) is 48.0 Å². The Kier molecular flexibility index (Phi) is 4.14. The predicted octanol–water partition coefficient (Wildman–Crippen LogP) is 2.65. The highest BCUT2D eigenvalue weighted by Gasteiger charge is 2.37. The van der Waals surface area contributed by atoms with Crippen molar-refractivity contribution in [2.24, 2.45) is 5.73 Å². The minimum absolute atomic E-state index is 0.350. The molecule has 4 N–H and O–H groups in total. The highest BCUT2D eigenvalue weighted by atomic mass is 16.4. The summed E-state index contributed by atoms with van der Waals surface area (Å²) in [5, 5.41) is 15.2. The summed E-state index contributed by atoms with van der Waals surface area (Å²) in [6.45, 7) is 0.806. The average molecular weight is 298 g/mol. The Morgan fingerprint density at radius 2 is 1.86 bits per heavy atom. The van der Waals surface area contributed by atoms with Gasteiger partial charge in [0.15, 0.2) is 0 Å². The SMILES string of the molecule is NC1(C(=O)O)CCC(NCc2ccc3ccccc3c2)CC1. The molecule has 1 aliphatic rings. The van der Waals surface area contributed by atoms with Gasteiger partial charge in [0.2, 0.25) is 0 Å². The molecule has 3 rings (SSSR count). The molecule has 0 aromatic heterocycles. The lowest BCUT2D eigenvalue weighted by atomic mass is 9.80. The summed E-state index contributed by atoms with van der Waals surface area (Å²) in [5.41, 5.74) is 6.13. The second kappa shape index (κ2) is 6.07. The summed E-state index contributed by atoms with van der Waals surface area (Å²) in [6.07, 6.45) is 2.71. The molecule has 1 saturated carbocycles. The van der Waals surface area contributed by atoms with E-state index in [-0.39, 0.29) is 0 Å². The van der Waals surface area contributed by atoms with E-state index in [9.17, 15) is 4.79 Å². The van der Waals surface area contributed by atoms with Crippen LogP contribution in [0, 0.1) is 0 Å². The van der Waals surface area contributed by atoms with Crippen molar-refractivity contribution >= 4 is 16.7 Å². The molecule has 0 aliphatic heterocycles. The minimum atomic E-state index is -1.03. The number of nitrogens with one attached hydrogen (secondary N) is 1. The summed E-state index contributed by atoms with van der Waals surface area (Å²) >= 11 is 0. The number of nitrogens with two attached hydrogens (primary N) is 1. The molecule has 116 valence electrons. The summed E-state index contributed by atoms with van der Waals surface area (Å²) in [7, 11) is 0. The van der Waals surface area contributed by atoms with E-state index in [0.29, 0.717) is 18.9 Å². The molecule has 2 aromatic rings. The molecular formula is C18H22N2O2. The maximum absolute atomic E-state index is 11.1. The third-order valence-corrected chi connectivity index (χ3v) is 4.71. The lowest BCUT2D eigenvalue weighted by Gasteiger charge is -2.34. The fourth-order valence-corrected chi connectivity index (χ4v) is 3.16. The third-order valence-electron chi connectivity index (χ3n) is 4.71. The van der Waals surface area contributed by atoms with Gasteiger partial charge in [-0.3, -0.25) is 4.79 Å². The molecule has 1 aliphatic carbocycles. The molecule has 4 nitrogen and oxygen atoms in total. The van der Waals surface area contributed by atoms with Gasteiger partial charge in [0.05, 0.1) is 0 Å². The van der Waals surface area contributed by atoms with Gasteiger partial charge in [-0.2, -0.15) is 0 Å². The summed E-state index contributed by atoms with van der Waals surface area (Å²) in [6, 6.07) is 15.2. The first-order valence-corrected chi connectivity index (χ1v) is 7.80. The molecule has 1 fully saturated rings. The van der Waals surface area contributed by atoms with E-state index < -0.39 is 11.5 Å². The molecule has 22 heavy (non-hydrogen) atoms. The van der Waals surface area contributed by atoms with Crippen LogP contribution in [-0.2, 0) is 11.3 Å². The van der Waals surface area contributed by atoms with Gasteiger partial charge in [-0.1, -0.05) is 36.4 Å². The number of carbonyl (C=O) groups is 1. The number of carboxylic acids is 1. The number of fused-ring (bicyclic) bond motifs is 1. The largest absolute Gasteiger partial charge is 0.480 e. The molecule has 4 heteroatoms. The fraction of sp³-hybridized carbons (Fsp3) is 0.389. The molecule has 2 aromatic carbocycles. The Bertz CT molecular complexity index is 676. The monoisotopic (exact) mass is 298 g/mol. The Morgan fingerprint density at radius 1 is 1.18 bits per heavy atom. The maximum Gasteiger partial charge on any atom is 0.323 e. The van der Waals surface area contributed by atoms with Crippen molar-refractivity contribution in [2.75, 3.05) is 0 Å². The van der Waals surface area contributed by atoms with Crippen molar-refractivity contribution in [3.8, 4) is 0 Å². The average Bonchev–Trinajstić information content (AvgIpc) is 2.54. The Morgan fingerprint density at radius 3 is 2.55 bits per heavy atom. The first-order chi connectivity index (χ1) is 10.6. The maximum atomic E-state index is 11.1. The van der Waals surface area contributed by atoms with Crippen molar-refractivity contribution in [3.63, 3.8) is 0 Å². The van der Waals surface area contributed by atoms with Crippen LogP contribution in [0.4, 0.5) is 0 Å². The van der Waals surface area contributed by atoms with E-state index in [0.717, 1.165) is 19.4 Å². The molecule has 0 heterocycles. The first-order valence-electron chi connectivity index (χ1n) is 7.80. The van der Waals surface area contributed by atoms with Gasteiger partial charge in [-0.25, -0.2) is 0 Å². The number of rotatable bonds is 4. The molecule has 0 amide bonds. The summed E-state index contributed by atoms with van der Waals surface area (Å²) in [5.74, 6) is -0.875. The zero-order valence-electron chi connectivity index (χ0n) is 12.6. The van der Waals surface area contributed by atoms with Crippen molar-refractivity contribution in [1.29, 1.82) is 0 Å². The lowest BCUT2D eigenvalue weighted by molar-refractivity contribution is -0.144. The van der Waals surface area contributed by atoms with E-state index in [2.05, 4.69) is 35.6 Å². The second-order valence-electron chi connectivity index (χ2n) is 6.30. The van der Waals surface area contributed by atoms with Gasteiger partial charge >= 0.3 is 5.97 Å². The van der Waals surface area contributed by atoms with Crippen LogP contribution in [0.15, 0.2) is 42.5 Å². The normalized spacial score (nSPS) is 25.2. The van der Waals surface area contributed by atoms with Gasteiger partial charge < -0.3 is 16.2 Å². The quantitative estimate of drug-likeness (QED) is 0.811. The number of hydrogen-bond acceptors (Lipinski definition) is 3. The van der Waals surface area contributed by atoms with Gasteiger partial charge in [0.25, 0.3) is 0 Å². The summed E-state index contributed by atoms with van der Waals surface area (Å²) < 4.78 is 0. The van der Waals surface area contributed by atoms with Crippen LogP contribution in [0.25, 0.3) is 10.8 Å². The Labute approximate surface area is 130 Å². The van der Waals surface area contributed by atoms with Crippen molar-refractivity contribution < 1.29 is 9.90 Å². The molecule has 0 spiro atoms. The van der Waals surface area contributed by atoms with Crippen LogP contribution in [0.5, 0.6) is 0 Å². The highest BCUT2D eigenvalue weighted by Crippen LogP contribution is 2.27. The van der Waals surface area contributed by atoms with Crippen LogP contribution in [-0.4, -0.2) is 22.7 Å². The zero-order valence-corrected chi connectivity index (χ0v) is 12.6. The number of benzene rings is 2. The van der Waals surface area contributed by atoms with Gasteiger partial charge in [0, 0.05) is 12.6 Å². The minimum Gasteiger partial charge on any atom is -0.480 e. The molecule has 0 radical (unpaired) electrons. The van der Waals surface area contributed by atoms with Crippen LogP contribution in [0.2, 0.25) is 0 Å². The predicted molar refractivity (Wildman–Crippen MR) is 87.6 cm³/mol. The summed E-state index contributed by atoms with van der Waals surface area (Å²) in [4.78, 5) is 11.1. The van der Waals surface area contributed by atoms with Gasteiger partial charge in [0.1, 0.15) is 5.54 Å². The van der Waals surface area contributed by atoms with E-state index in [1.54, 1.807) is 0 Å². The van der Waals surface area contributed by atoms with E-state index in [1.165, 1.54) is 16.3 Å². The Hall–Kier alpha value is -1.91. The Balaban J connectivity index is 1.57. The zero-order chi connectivity index (χ0) is 15.6. The topological polar surface area (TPSA) is 75.4 Å². The molecule has 0 saturated heterocycles. The van der Waals surface area contributed by atoms with Crippen molar-refractivity contribution in [1.82, 2.24) is 5.32 Å². The van der Waals surface area contributed by atoms with Crippen LogP contribution in [0.3, 0.4) is 0 Å². The smallest absolute Gasteiger partial charge is 0.323 e. The molecular weight excluding hydrogens is 276 g/mol. The number of aliphatic carboxylic acids is 1. The highest BCUT2D eigenvalue weighted by molar-refractivity contribution is 5.83. The van der Waals surface area contributed by atoms with Crippen LogP contribution >= 0.6 is 0 Å².